The smallest absolute Gasteiger partial charge is 0.457 e. The second kappa shape index (κ2) is 50.1. The van der Waals surface area contributed by atoms with Crippen LogP contribution in [0.15, 0.2) is 85.1 Å². The van der Waals surface area contributed by atoms with Crippen LogP contribution in [0.3, 0.4) is 0 Å². The Morgan fingerprint density at radius 1 is 0.478 bits per heavy atom. The fourth-order valence-corrected chi connectivity index (χ4v) is 8.00. The minimum absolute atomic E-state index is 0.0801. The number of hydrogen-bond acceptors (Lipinski definition) is 6. The quantitative estimate of drug-likeness (QED) is 0.0213. The molecule has 2 atom stereocenters. The van der Waals surface area contributed by atoms with E-state index in [0.29, 0.717) is 24.1 Å². The summed E-state index contributed by atoms with van der Waals surface area (Å²) >= 11 is 0. The summed E-state index contributed by atoms with van der Waals surface area (Å²) < 4.78 is 35.2. The number of nitrogens with zero attached hydrogens (tertiary/aromatic N) is 1. The molecule has 0 saturated carbocycles. The lowest BCUT2D eigenvalue weighted by molar-refractivity contribution is -0.870. The predicted octanol–water partition coefficient (Wildman–Crippen LogP) is 17.2. The standard InChI is InChI=1S/C58H104NO7P/c1-6-8-10-12-14-16-18-20-22-24-26-28-29-30-32-34-36-38-40-42-44-46-48-50-53-63-55-57(56-65-67(61,62)64-54-52-59(3,4)5)66-58(60)51-49-47-45-43-41-39-37-35-33-31-27-25-23-21-19-17-15-13-11-9-7-2/h8,10,14,16,20,22,25-28,30,32,36,38,57H,6-7,9,11-13,15,17-19,21,23-24,29,31,33-35,37,39-56H2,1-5H3/p+1/b10-8-,16-14-,22-20-,27-25-,28-26-,32-30-,38-36-. The summed E-state index contributed by atoms with van der Waals surface area (Å²) in [6.45, 7) is 5.46. The number of quaternary nitrogens is 1. The van der Waals surface area contributed by atoms with Crippen molar-refractivity contribution in [3.63, 3.8) is 0 Å². The number of carbonyl (C=O) groups excluding carboxylic acids is 1. The Labute approximate surface area is 414 Å². The zero-order valence-electron chi connectivity index (χ0n) is 44.1. The molecule has 0 radical (unpaired) electrons. The van der Waals surface area contributed by atoms with E-state index in [-0.39, 0.29) is 25.8 Å². The molecule has 0 amide bonds. The molecule has 8 nitrogen and oxygen atoms in total. The number of esters is 1. The highest BCUT2D eigenvalue weighted by Gasteiger charge is 2.26. The molecule has 2 unspecified atom stereocenters. The van der Waals surface area contributed by atoms with E-state index in [1.807, 2.05) is 21.1 Å². The van der Waals surface area contributed by atoms with Gasteiger partial charge < -0.3 is 18.9 Å². The molecule has 0 aliphatic rings. The Hall–Kier alpha value is -2.32. The van der Waals surface area contributed by atoms with Crippen LogP contribution in [0.1, 0.15) is 219 Å². The molecule has 0 aliphatic heterocycles. The van der Waals surface area contributed by atoms with Gasteiger partial charge in [0, 0.05) is 13.0 Å². The number of rotatable bonds is 50. The minimum Gasteiger partial charge on any atom is -0.457 e. The lowest BCUT2D eigenvalue weighted by Crippen LogP contribution is -2.37. The molecule has 0 saturated heterocycles. The molecule has 0 aliphatic carbocycles. The fourth-order valence-electron chi connectivity index (χ4n) is 7.26. The average Bonchev–Trinajstić information content (AvgIpc) is 3.29. The maximum atomic E-state index is 12.8. The van der Waals surface area contributed by atoms with E-state index >= 15 is 0 Å². The molecule has 67 heavy (non-hydrogen) atoms. The van der Waals surface area contributed by atoms with Crippen LogP contribution in [0, 0.1) is 0 Å². The van der Waals surface area contributed by atoms with Crippen molar-refractivity contribution >= 4 is 13.8 Å². The summed E-state index contributed by atoms with van der Waals surface area (Å²) in [4.78, 5) is 23.1. The third kappa shape index (κ3) is 54.5. The molecular formula is C58H105NO7P+. The molecule has 0 rings (SSSR count). The van der Waals surface area contributed by atoms with E-state index in [9.17, 15) is 14.3 Å². The van der Waals surface area contributed by atoms with Crippen molar-refractivity contribution < 1.29 is 37.3 Å². The van der Waals surface area contributed by atoms with Crippen molar-refractivity contribution in [2.75, 3.05) is 54.1 Å². The summed E-state index contributed by atoms with van der Waals surface area (Å²) in [7, 11) is 1.64. The number of unbranched alkanes of at least 4 members (excludes halogenated alkanes) is 22. The van der Waals surface area contributed by atoms with E-state index in [2.05, 4.69) is 98.9 Å². The number of allylic oxidation sites excluding steroid dienone is 14. The van der Waals surface area contributed by atoms with E-state index < -0.39 is 13.9 Å². The van der Waals surface area contributed by atoms with E-state index in [1.54, 1.807) is 0 Å². The monoisotopic (exact) mass is 959 g/mol. The van der Waals surface area contributed by atoms with Crippen molar-refractivity contribution in [2.45, 2.75) is 225 Å². The summed E-state index contributed by atoms with van der Waals surface area (Å²) in [6, 6.07) is 0. The van der Waals surface area contributed by atoms with Gasteiger partial charge in [0.1, 0.15) is 19.3 Å². The van der Waals surface area contributed by atoms with Gasteiger partial charge in [-0.05, 0) is 89.9 Å². The molecule has 0 heterocycles. The number of phosphoric ester groups is 1. The van der Waals surface area contributed by atoms with Crippen molar-refractivity contribution in [2.24, 2.45) is 0 Å². The average molecular weight is 959 g/mol. The summed E-state index contributed by atoms with van der Waals surface area (Å²) in [6.07, 6.45) is 67.8. The molecule has 1 N–H and O–H groups in total. The minimum atomic E-state index is -4.29. The van der Waals surface area contributed by atoms with Gasteiger partial charge >= 0.3 is 13.8 Å². The highest BCUT2D eigenvalue weighted by Crippen LogP contribution is 2.43. The largest absolute Gasteiger partial charge is 0.472 e. The number of carbonyl (C=O) groups is 1. The third-order valence-corrected chi connectivity index (χ3v) is 12.4. The Bertz CT molecular complexity index is 1340. The Morgan fingerprint density at radius 2 is 0.866 bits per heavy atom. The van der Waals surface area contributed by atoms with Crippen LogP contribution in [0.4, 0.5) is 0 Å². The molecule has 9 heteroatoms. The molecule has 0 aromatic carbocycles. The summed E-state index contributed by atoms with van der Waals surface area (Å²) in [5.41, 5.74) is 0. The van der Waals surface area contributed by atoms with Gasteiger partial charge in [0.05, 0.1) is 34.4 Å². The first kappa shape index (κ1) is 64.7. The summed E-state index contributed by atoms with van der Waals surface area (Å²) in [5.74, 6) is -0.324. The first-order valence-corrected chi connectivity index (χ1v) is 28.8. The second-order valence-electron chi connectivity index (χ2n) is 19.2. The zero-order chi connectivity index (χ0) is 49.0. The highest BCUT2D eigenvalue weighted by atomic mass is 31.2. The van der Waals surface area contributed by atoms with Crippen LogP contribution < -0.4 is 0 Å². The molecular weight excluding hydrogens is 854 g/mol. The van der Waals surface area contributed by atoms with Crippen molar-refractivity contribution in [1.82, 2.24) is 0 Å². The molecule has 0 spiro atoms. The van der Waals surface area contributed by atoms with Gasteiger partial charge in [-0.1, -0.05) is 208 Å². The predicted molar refractivity (Wildman–Crippen MR) is 288 cm³/mol. The van der Waals surface area contributed by atoms with Crippen LogP contribution in [0.25, 0.3) is 0 Å². The van der Waals surface area contributed by atoms with Crippen molar-refractivity contribution in [3.05, 3.63) is 85.1 Å². The van der Waals surface area contributed by atoms with Gasteiger partial charge in [-0.15, -0.1) is 0 Å². The molecule has 0 bridgehead atoms. The van der Waals surface area contributed by atoms with E-state index in [1.165, 1.54) is 116 Å². The van der Waals surface area contributed by atoms with Crippen LogP contribution in [-0.4, -0.2) is 75.6 Å². The Kier molecular flexibility index (Phi) is 48.3. The maximum absolute atomic E-state index is 12.8. The highest BCUT2D eigenvalue weighted by molar-refractivity contribution is 7.47. The van der Waals surface area contributed by atoms with E-state index in [0.717, 1.165) is 83.5 Å². The zero-order valence-corrected chi connectivity index (χ0v) is 45.0. The summed E-state index contributed by atoms with van der Waals surface area (Å²) in [5, 5.41) is 0. The number of likely N-dealkylation sites (N-methyl/N-ethyl adjacent to an activating group) is 1. The molecule has 388 valence electrons. The van der Waals surface area contributed by atoms with E-state index in [4.69, 9.17) is 18.5 Å². The molecule has 0 aromatic rings. The first-order chi connectivity index (χ1) is 32.6. The van der Waals surface area contributed by atoms with Crippen LogP contribution in [0.5, 0.6) is 0 Å². The van der Waals surface area contributed by atoms with Gasteiger partial charge in [0.15, 0.2) is 0 Å². The maximum Gasteiger partial charge on any atom is 0.472 e. The van der Waals surface area contributed by atoms with Gasteiger partial charge in [-0.2, -0.15) is 0 Å². The second-order valence-corrected chi connectivity index (χ2v) is 20.7. The van der Waals surface area contributed by atoms with Crippen LogP contribution >= 0.6 is 7.82 Å². The lowest BCUT2D eigenvalue weighted by atomic mass is 10.1. The normalized spacial score (nSPS) is 14.2. The first-order valence-electron chi connectivity index (χ1n) is 27.3. The van der Waals surface area contributed by atoms with Crippen molar-refractivity contribution in [3.8, 4) is 0 Å². The molecule has 0 fully saturated rings. The lowest BCUT2D eigenvalue weighted by Gasteiger charge is -2.24. The molecule has 0 aromatic heterocycles. The van der Waals surface area contributed by atoms with Gasteiger partial charge in [0.25, 0.3) is 0 Å². The number of hydrogen-bond donors (Lipinski definition) is 1. The topological polar surface area (TPSA) is 91.3 Å². The van der Waals surface area contributed by atoms with Gasteiger partial charge in [-0.25, -0.2) is 4.57 Å². The Balaban J connectivity index is 4.18. The Morgan fingerprint density at radius 3 is 1.31 bits per heavy atom. The van der Waals surface area contributed by atoms with Gasteiger partial charge in [-0.3, -0.25) is 13.8 Å². The van der Waals surface area contributed by atoms with Crippen molar-refractivity contribution in [1.29, 1.82) is 0 Å². The number of phosphoric acid groups is 1. The van der Waals surface area contributed by atoms with Crippen LogP contribution in [-0.2, 0) is 27.9 Å². The van der Waals surface area contributed by atoms with Crippen LogP contribution in [0.2, 0.25) is 0 Å². The third-order valence-electron chi connectivity index (χ3n) is 11.4. The van der Waals surface area contributed by atoms with Gasteiger partial charge in [0.2, 0.25) is 0 Å². The number of ether oxygens (including phenoxy) is 2. The fraction of sp³-hybridized carbons (Fsp3) is 0.741. The SMILES string of the molecule is CC/C=C\C/C=C\C/C=C\C/C=C\C/C=C\C/C=C\CCCCCCCOCC(COP(=O)(O)OCC[N+](C)(C)C)OC(=O)CCCCCCCCCCC/C=C\CCCCCCCCCC.